The van der Waals surface area contributed by atoms with Crippen LogP contribution in [0.1, 0.15) is 58.4 Å². The lowest BCUT2D eigenvalue weighted by Gasteiger charge is -2.40. The second kappa shape index (κ2) is 15.6. The van der Waals surface area contributed by atoms with Crippen molar-refractivity contribution in [2.45, 2.75) is 93.4 Å². The molecule has 1 aliphatic heterocycles. The molecule has 4 aromatic carbocycles. The van der Waals surface area contributed by atoms with Crippen molar-refractivity contribution >= 4 is 44.4 Å². The number of amides is 2. The third kappa shape index (κ3) is 9.53. The Hall–Kier alpha value is -4.40. The summed E-state index contributed by atoms with van der Waals surface area (Å²) in [6, 6.07) is 15.9. The number of nitrogens with one attached hydrogen (secondary N) is 2. The lowest BCUT2D eigenvalue weighted by atomic mass is 9.95. The number of carbonyl (C=O) groups excluding carboxylic acids is 2. The van der Waals surface area contributed by atoms with Crippen molar-refractivity contribution in [1.29, 1.82) is 0 Å². The number of fused-ring (bicyclic) bond motifs is 1. The van der Waals surface area contributed by atoms with E-state index >= 15 is 17.6 Å². The van der Waals surface area contributed by atoms with Crippen molar-refractivity contribution in [1.82, 2.24) is 14.9 Å². The van der Waals surface area contributed by atoms with Gasteiger partial charge in [0.15, 0.2) is 6.04 Å². The van der Waals surface area contributed by atoms with Gasteiger partial charge in [0.05, 0.1) is 23.6 Å². The number of nitrogens with zero attached hydrogens (tertiary/aromatic N) is 1. The van der Waals surface area contributed by atoms with Crippen molar-refractivity contribution in [3.63, 3.8) is 0 Å². The summed E-state index contributed by atoms with van der Waals surface area (Å²) in [5.41, 5.74) is -0.512. The SMILES string of the molecule is CC(C)(C)OC(=O)NC1CCN(C(=O)C(NS(=O)(=O)c2ccc3cc(OC4CCCC4)ccc3c2)C(F)(F)c2ccc(-c3ccc(Cl)cc3)cc2)CC1(F)F. The van der Waals surface area contributed by atoms with Crippen LogP contribution in [0.2, 0.25) is 5.02 Å². The van der Waals surface area contributed by atoms with Gasteiger partial charge in [0.25, 0.3) is 11.8 Å². The summed E-state index contributed by atoms with van der Waals surface area (Å²) in [5.74, 6) is -8.96. The van der Waals surface area contributed by atoms with Crippen LogP contribution in [-0.4, -0.2) is 68.1 Å². The van der Waals surface area contributed by atoms with Gasteiger partial charge in [-0.3, -0.25) is 4.79 Å². The molecular weight excluding hydrogens is 762 g/mol. The molecule has 1 saturated heterocycles. The normalized spacial score (nSPS) is 18.5. The largest absolute Gasteiger partial charge is 0.490 e. The zero-order valence-corrected chi connectivity index (χ0v) is 32.0. The minimum Gasteiger partial charge on any atom is -0.490 e. The van der Waals surface area contributed by atoms with Gasteiger partial charge in [-0.15, -0.1) is 0 Å². The van der Waals surface area contributed by atoms with Crippen LogP contribution in [0.3, 0.4) is 0 Å². The van der Waals surface area contributed by atoms with Crippen LogP contribution < -0.4 is 14.8 Å². The standard InChI is InChI=1S/C40H42ClF4N3O6S/c1-38(2,3)54-37(50)46-34-20-21-48(24-39(34,42)43)36(49)35(40(44,45)29-14-8-25(9-15-29)26-10-16-30(41)17-11-26)47-55(51,52)33-19-13-27-22-32(18-12-28(27)23-33)53-31-6-4-5-7-31/h8-19,22-23,31,34-35,47H,4-7,20-21,24H2,1-3H3,(H,46,50). The maximum Gasteiger partial charge on any atom is 0.408 e. The number of likely N-dealkylation sites (tertiary alicyclic amines) is 1. The molecule has 4 aromatic rings. The summed E-state index contributed by atoms with van der Waals surface area (Å²) < 4.78 is 105. The number of hydrogen-bond donors (Lipinski definition) is 2. The Balaban J connectivity index is 1.28. The number of halogens is 5. The second-order valence-electron chi connectivity index (χ2n) is 15.0. The molecule has 2 fully saturated rings. The molecule has 2 atom stereocenters. The average molecular weight is 804 g/mol. The zero-order valence-electron chi connectivity index (χ0n) is 30.5. The summed E-state index contributed by atoms with van der Waals surface area (Å²) in [6.07, 6.45) is 2.51. The van der Waals surface area contributed by atoms with Crippen molar-refractivity contribution in [2.24, 2.45) is 0 Å². The number of hydrogen-bond acceptors (Lipinski definition) is 6. The summed E-state index contributed by atoms with van der Waals surface area (Å²) in [5, 5.41) is 3.68. The number of benzene rings is 4. The molecule has 294 valence electrons. The first kappa shape index (κ1) is 40.3. The van der Waals surface area contributed by atoms with E-state index < -0.39 is 81.5 Å². The topological polar surface area (TPSA) is 114 Å². The van der Waals surface area contributed by atoms with Crippen molar-refractivity contribution in [2.75, 3.05) is 13.1 Å². The molecular formula is C40H42ClF4N3O6S. The van der Waals surface area contributed by atoms with E-state index in [9.17, 15) is 18.0 Å². The first-order chi connectivity index (χ1) is 25.8. The monoisotopic (exact) mass is 803 g/mol. The predicted molar refractivity (Wildman–Crippen MR) is 201 cm³/mol. The molecule has 0 aromatic heterocycles. The molecule has 1 aliphatic carbocycles. The highest BCUT2D eigenvalue weighted by atomic mass is 35.5. The molecule has 0 spiro atoms. The van der Waals surface area contributed by atoms with Crippen LogP contribution >= 0.6 is 11.6 Å². The molecule has 1 saturated carbocycles. The fourth-order valence-electron chi connectivity index (χ4n) is 6.78. The van der Waals surface area contributed by atoms with Crippen LogP contribution in [0.25, 0.3) is 21.9 Å². The molecule has 55 heavy (non-hydrogen) atoms. The summed E-state index contributed by atoms with van der Waals surface area (Å²) in [6.45, 7) is 2.81. The Kier molecular flexibility index (Phi) is 11.4. The molecule has 1 heterocycles. The average Bonchev–Trinajstić information content (AvgIpc) is 3.63. The van der Waals surface area contributed by atoms with Gasteiger partial charge in [0.2, 0.25) is 15.9 Å². The van der Waals surface area contributed by atoms with Gasteiger partial charge >= 0.3 is 6.09 Å². The Morgan fingerprint density at radius 1 is 0.873 bits per heavy atom. The predicted octanol–water partition coefficient (Wildman–Crippen LogP) is 8.68. The molecule has 9 nitrogen and oxygen atoms in total. The van der Waals surface area contributed by atoms with Crippen molar-refractivity contribution in [3.05, 3.63) is 95.5 Å². The van der Waals surface area contributed by atoms with E-state index in [2.05, 4.69) is 5.32 Å². The summed E-state index contributed by atoms with van der Waals surface area (Å²) >= 11 is 5.98. The van der Waals surface area contributed by atoms with E-state index in [1.54, 1.807) is 63.2 Å². The summed E-state index contributed by atoms with van der Waals surface area (Å²) in [7, 11) is -4.86. The first-order valence-corrected chi connectivity index (χ1v) is 19.8. The fourth-order valence-corrected chi connectivity index (χ4v) is 8.13. The third-order valence-electron chi connectivity index (χ3n) is 9.63. The smallest absolute Gasteiger partial charge is 0.408 e. The van der Waals surface area contributed by atoms with E-state index in [1.807, 2.05) is 4.72 Å². The Morgan fingerprint density at radius 2 is 1.47 bits per heavy atom. The van der Waals surface area contributed by atoms with E-state index in [4.69, 9.17) is 21.1 Å². The van der Waals surface area contributed by atoms with Gasteiger partial charge in [0.1, 0.15) is 11.4 Å². The first-order valence-electron chi connectivity index (χ1n) is 17.9. The Labute approximate surface area is 322 Å². The molecule has 0 radical (unpaired) electrons. The van der Waals surface area contributed by atoms with Crippen LogP contribution in [0.4, 0.5) is 22.4 Å². The van der Waals surface area contributed by atoms with Gasteiger partial charge in [-0.2, -0.15) is 13.5 Å². The van der Waals surface area contributed by atoms with Crippen LogP contribution in [0.5, 0.6) is 5.75 Å². The fraction of sp³-hybridized carbons (Fsp3) is 0.400. The number of sulfonamides is 1. The lowest BCUT2D eigenvalue weighted by molar-refractivity contribution is -0.156. The van der Waals surface area contributed by atoms with Crippen LogP contribution in [0.15, 0.2) is 89.8 Å². The van der Waals surface area contributed by atoms with Gasteiger partial charge in [-0.05, 0) is 111 Å². The lowest BCUT2D eigenvalue weighted by Crippen LogP contribution is -2.63. The van der Waals surface area contributed by atoms with Crippen molar-refractivity contribution < 1.29 is 45.0 Å². The van der Waals surface area contributed by atoms with Crippen molar-refractivity contribution in [3.8, 4) is 16.9 Å². The van der Waals surface area contributed by atoms with Gasteiger partial charge in [0, 0.05) is 17.1 Å². The Morgan fingerprint density at radius 3 is 2.09 bits per heavy atom. The molecule has 15 heteroatoms. The molecule has 2 amide bonds. The maximum atomic E-state index is 16.7. The third-order valence-corrected chi connectivity index (χ3v) is 11.3. The number of alkyl carbamates (subject to hydrolysis) is 1. The minimum absolute atomic E-state index is 0.0954. The van der Waals surface area contributed by atoms with E-state index in [0.717, 1.165) is 37.8 Å². The number of carbonyl (C=O) groups is 2. The number of piperidine rings is 1. The van der Waals surface area contributed by atoms with Gasteiger partial charge < -0.3 is 19.7 Å². The highest BCUT2D eigenvalue weighted by molar-refractivity contribution is 7.89. The van der Waals surface area contributed by atoms with Crippen LogP contribution in [0, 0.1) is 0 Å². The molecule has 2 N–H and O–H groups in total. The quantitative estimate of drug-likeness (QED) is 0.155. The second-order valence-corrected chi connectivity index (χ2v) is 17.1. The highest BCUT2D eigenvalue weighted by Gasteiger charge is 2.53. The van der Waals surface area contributed by atoms with E-state index in [-0.39, 0.29) is 6.10 Å². The van der Waals surface area contributed by atoms with Crippen LogP contribution in [-0.2, 0) is 25.5 Å². The summed E-state index contributed by atoms with van der Waals surface area (Å²) in [4.78, 5) is 26.3. The number of rotatable bonds is 10. The van der Waals surface area contributed by atoms with Gasteiger partial charge in [-0.25, -0.2) is 22.0 Å². The molecule has 2 aliphatic rings. The maximum absolute atomic E-state index is 16.7. The molecule has 0 bridgehead atoms. The molecule has 6 rings (SSSR count). The number of ether oxygens (including phenoxy) is 2. The van der Waals surface area contributed by atoms with E-state index in [0.29, 0.717) is 37.6 Å². The highest BCUT2D eigenvalue weighted by Crippen LogP contribution is 2.37. The molecule has 2 unspecified atom stereocenters. The minimum atomic E-state index is -4.86. The zero-order chi connectivity index (χ0) is 39.8. The van der Waals surface area contributed by atoms with Gasteiger partial charge in [-0.1, -0.05) is 60.1 Å². The number of alkyl halides is 4. The Bertz CT molecular complexity index is 2140. The van der Waals surface area contributed by atoms with E-state index in [1.165, 1.54) is 30.3 Å².